The van der Waals surface area contributed by atoms with Gasteiger partial charge in [-0.2, -0.15) is 5.26 Å². The molecule has 0 spiro atoms. The first kappa shape index (κ1) is 14.1. The number of ether oxygens (including phenoxy) is 1. The second kappa shape index (κ2) is 6.27. The van der Waals surface area contributed by atoms with Crippen molar-refractivity contribution >= 4 is 11.6 Å². The van der Waals surface area contributed by atoms with Gasteiger partial charge >= 0.3 is 0 Å². The predicted octanol–water partition coefficient (Wildman–Crippen LogP) is 1.95. The Labute approximate surface area is 125 Å². The van der Waals surface area contributed by atoms with E-state index in [-0.39, 0.29) is 0 Å². The number of nitrogens with one attached hydrogen (secondary N) is 1. The summed E-state index contributed by atoms with van der Waals surface area (Å²) in [4.78, 5) is 10.8. The fourth-order valence-corrected chi connectivity index (χ4v) is 3.05. The van der Waals surface area contributed by atoms with E-state index in [0.29, 0.717) is 0 Å². The average molecular weight is 287 g/mol. The van der Waals surface area contributed by atoms with Gasteiger partial charge < -0.3 is 15.0 Å². The van der Waals surface area contributed by atoms with Crippen LogP contribution in [0.3, 0.4) is 0 Å². The lowest BCUT2D eigenvalue weighted by Crippen LogP contribution is -2.39. The summed E-state index contributed by atoms with van der Waals surface area (Å²) in [5.74, 6) is 1.65. The molecule has 2 fully saturated rings. The fraction of sp³-hybridized carbons (Fsp3) is 0.667. The molecule has 0 radical (unpaired) electrons. The molecule has 1 saturated heterocycles. The maximum Gasteiger partial charge on any atom is 0.134 e. The highest BCUT2D eigenvalue weighted by Gasteiger charge is 2.32. The first-order chi connectivity index (χ1) is 10.3. The lowest BCUT2D eigenvalue weighted by Gasteiger charge is -2.32. The minimum atomic E-state index is -0.463. The zero-order valence-electron chi connectivity index (χ0n) is 12.2. The highest BCUT2D eigenvalue weighted by Crippen LogP contribution is 2.31. The van der Waals surface area contributed by atoms with Gasteiger partial charge in [0.2, 0.25) is 0 Å². The first-order valence-corrected chi connectivity index (χ1v) is 7.66. The standard InChI is InChI=1S/C15H21N5O/c16-11-15(4-2-1-3-5-15)19-13-10-14(18-12-17-13)20-6-8-21-9-7-20/h10,12H,1-9H2,(H,17,18,19). The summed E-state index contributed by atoms with van der Waals surface area (Å²) >= 11 is 0. The Morgan fingerprint density at radius 3 is 2.67 bits per heavy atom. The number of anilines is 2. The van der Waals surface area contributed by atoms with Gasteiger partial charge in [-0.05, 0) is 12.8 Å². The topological polar surface area (TPSA) is 74.1 Å². The average Bonchev–Trinajstić information content (AvgIpc) is 2.57. The number of hydrogen-bond acceptors (Lipinski definition) is 6. The van der Waals surface area contributed by atoms with Gasteiger partial charge in [-0.3, -0.25) is 0 Å². The summed E-state index contributed by atoms with van der Waals surface area (Å²) in [6, 6.07) is 4.40. The van der Waals surface area contributed by atoms with Gasteiger partial charge in [0.05, 0.1) is 19.3 Å². The van der Waals surface area contributed by atoms with Crippen LogP contribution in [-0.2, 0) is 4.74 Å². The number of nitriles is 1. The van der Waals surface area contributed by atoms with Gasteiger partial charge in [0.1, 0.15) is 23.5 Å². The zero-order valence-corrected chi connectivity index (χ0v) is 12.2. The van der Waals surface area contributed by atoms with Crippen LogP contribution in [0.5, 0.6) is 0 Å². The molecule has 2 heterocycles. The van der Waals surface area contributed by atoms with E-state index < -0.39 is 5.54 Å². The molecule has 0 amide bonds. The van der Waals surface area contributed by atoms with E-state index in [4.69, 9.17) is 4.74 Å². The van der Waals surface area contributed by atoms with Crippen molar-refractivity contribution in [1.82, 2.24) is 9.97 Å². The smallest absolute Gasteiger partial charge is 0.134 e. The van der Waals surface area contributed by atoms with Crippen LogP contribution in [0.1, 0.15) is 32.1 Å². The van der Waals surface area contributed by atoms with Gasteiger partial charge in [0.15, 0.2) is 0 Å². The van der Waals surface area contributed by atoms with Crippen molar-refractivity contribution in [2.45, 2.75) is 37.6 Å². The third-order valence-electron chi connectivity index (χ3n) is 4.28. The quantitative estimate of drug-likeness (QED) is 0.916. The third kappa shape index (κ3) is 3.24. The number of hydrogen-bond donors (Lipinski definition) is 1. The molecule has 1 saturated carbocycles. The summed E-state index contributed by atoms with van der Waals surface area (Å²) in [5, 5.41) is 12.9. The van der Waals surface area contributed by atoms with Crippen molar-refractivity contribution < 1.29 is 4.74 Å². The van der Waals surface area contributed by atoms with E-state index in [0.717, 1.165) is 63.6 Å². The molecule has 0 unspecified atom stereocenters. The molecular formula is C15H21N5O. The molecule has 112 valence electrons. The van der Waals surface area contributed by atoms with Crippen molar-refractivity contribution in [2.75, 3.05) is 36.5 Å². The second-order valence-corrected chi connectivity index (χ2v) is 5.74. The van der Waals surface area contributed by atoms with Crippen molar-refractivity contribution in [2.24, 2.45) is 0 Å². The molecule has 1 aromatic heterocycles. The van der Waals surface area contributed by atoms with E-state index in [2.05, 4.69) is 26.3 Å². The highest BCUT2D eigenvalue weighted by molar-refractivity contribution is 5.51. The monoisotopic (exact) mass is 287 g/mol. The van der Waals surface area contributed by atoms with Crippen LogP contribution >= 0.6 is 0 Å². The number of nitrogens with zero attached hydrogens (tertiary/aromatic N) is 4. The van der Waals surface area contributed by atoms with Crippen molar-refractivity contribution in [3.63, 3.8) is 0 Å². The highest BCUT2D eigenvalue weighted by atomic mass is 16.5. The third-order valence-corrected chi connectivity index (χ3v) is 4.28. The Balaban J connectivity index is 1.74. The maximum atomic E-state index is 9.54. The van der Waals surface area contributed by atoms with Gasteiger partial charge in [0.25, 0.3) is 0 Å². The Bertz CT molecular complexity index is 515. The minimum Gasteiger partial charge on any atom is -0.378 e. The van der Waals surface area contributed by atoms with Crippen molar-refractivity contribution in [3.8, 4) is 6.07 Å². The van der Waals surface area contributed by atoms with Crippen LogP contribution in [0.25, 0.3) is 0 Å². The van der Waals surface area contributed by atoms with E-state index in [1.807, 2.05) is 6.07 Å². The number of aromatic nitrogens is 2. The number of morpholine rings is 1. The van der Waals surface area contributed by atoms with Crippen LogP contribution in [0.4, 0.5) is 11.6 Å². The molecule has 21 heavy (non-hydrogen) atoms. The fourth-order valence-electron chi connectivity index (χ4n) is 3.05. The second-order valence-electron chi connectivity index (χ2n) is 5.74. The van der Waals surface area contributed by atoms with Crippen LogP contribution in [-0.4, -0.2) is 41.8 Å². The first-order valence-electron chi connectivity index (χ1n) is 7.66. The molecule has 0 aromatic carbocycles. The molecule has 3 rings (SSSR count). The Hall–Kier alpha value is -1.87. The van der Waals surface area contributed by atoms with Gasteiger partial charge in [0, 0.05) is 19.2 Å². The van der Waals surface area contributed by atoms with Crippen LogP contribution in [0.2, 0.25) is 0 Å². The molecule has 0 bridgehead atoms. The van der Waals surface area contributed by atoms with Gasteiger partial charge in [-0.1, -0.05) is 19.3 Å². The van der Waals surface area contributed by atoms with Crippen LogP contribution in [0, 0.1) is 11.3 Å². The maximum absolute atomic E-state index is 9.54. The lowest BCUT2D eigenvalue weighted by molar-refractivity contribution is 0.122. The summed E-state index contributed by atoms with van der Waals surface area (Å²) in [5.41, 5.74) is -0.463. The summed E-state index contributed by atoms with van der Waals surface area (Å²) in [7, 11) is 0. The molecule has 1 aliphatic heterocycles. The van der Waals surface area contributed by atoms with Crippen molar-refractivity contribution in [3.05, 3.63) is 12.4 Å². The van der Waals surface area contributed by atoms with Crippen LogP contribution < -0.4 is 10.2 Å². The number of rotatable bonds is 3. The van der Waals surface area contributed by atoms with E-state index in [9.17, 15) is 5.26 Å². The van der Waals surface area contributed by atoms with Crippen LogP contribution in [0.15, 0.2) is 12.4 Å². The van der Waals surface area contributed by atoms with Crippen molar-refractivity contribution in [1.29, 1.82) is 5.26 Å². The minimum absolute atomic E-state index is 0.463. The summed E-state index contributed by atoms with van der Waals surface area (Å²) in [6.45, 7) is 3.16. The summed E-state index contributed by atoms with van der Waals surface area (Å²) in [6.07, 6.45) is 6.76. The van der Waals surface area contributed by atoms with Gasteiger partial charge in [-0.15, -0.1) is 0 Å². The molecule has 2 aliphatic rings. The van der Waals surface area contributed by atoms with E-state index in [1.165, 1.54) is 6.42 Å². The molecule has 6 nitrogen and oxygen atoms in total. The normalized spacial score (nSPS) is 21.6. The summed E-state index contributed by atoms with van der Waals surface area (Å²) < 4.78 is 5.36. The van der Waals surface area contributed by atoms with Gasteiger partial charge in [-0.25, -0.2) is 9.97 Å². The molecule has 1 N–H and O–H groups in total. The Morgan fingerprint density at radius 2 is 1.95 bits per heavy atom. The molecule has 1 aliphatic carbocycles. The van der Waals surface area contributed by atoms with E-state index >= 15 is 0 Å². The molecular weight excluding hydrogens is 266 g/mol. The lowest BCUT2D eigenvalue weighted by atomic mass is 9.83. The Kier molecular flexibility index (Phi) is 4.20. The molecule has 1 aromatic rings. The Morgan fingerprint density at radius 1 is 1.19 bits per heavy atom. The largest absolute Gasteiger partial charge is 0.378 e. The predicted molar refractivity (Wildman–Crippen MR) is 80.1 cm³/mol. The van der Waals surface area contributed by atoms with E-state index in [1.54, 1.807) is 6.33 Å². The zero-order chi connectivity index (χ0) is 14.5. The SMILES string of the molecule is N#CC1(Nc2cc(N3CCOCC3)ncn2)CCCCC1. The molecule has 0 atom stereocenters. The molecule has 6 heteroatoms.